The van der Waals surface area contributed by atoms with Crippen molar-refractivity contribution in [2.45, 2.75) is 207 Å². The van der Waals surface area contributed by atoms with Gasteiger partial charge in [-0.25, -0.2) is 4.79 Å². The summed E-state index contributed by atoms with van der Waals surface area (Å²) in [6.07, 6.45) is 15.0. The molecule has 59 heavy (non-hydrogen) atoms. The highest BCUT2D eigenvalue weighted by molar-refractivity contribution is 6.74. The largest absolute Gasteiger partial charge is 0.547 e. The first-order chi connectivity index (χ1) is 27.3. The first-order valence-electron chi connectivity index (χ1n) is 22.8. The average molecular weight is 877 g/mol. The summed E-state index contributed by atoms with van der Waals surface area (Å²) in [6, 6.07) is 3.10. The lowest BCUT2D eigenvalue weighted by molar-refractivity contribution is -0.156. The lowest BCUT2D eigenvalue weighted by Crippen LogP contribution is -2.54. The van der Waals surface area contributed by atoms with Crippen LogP contribution >= 0.6 is 0 Å². The van der Waals surface area contributed by atoms with Gasteiger partial charge in [0.05, 0.1) is 24.1 Å². The van der Waals surface area contributed by atoms with Crippen molar-refractivity contribution in [3.05, 3.63) is 59.9 Å². The van der Waals surface area contributed by atoms with Gasteiger partial charge in [0.25, 0.3) is 0 Å². The number of allylic oxidation sites excluding steroid dienone is 5. The Labute approximate surface area is 365 Å². The number of esters is 1. The number of ether oxygens (including phenoxy) is 4. The third kappa shape index (κ3) is 15.6. The number of methoxy groups -OCH3 is 1. The number of hydrogen-bond acceptors (Lipinski definition) is 8. The monoisotopic (exact) mass is 877 g/mol. The number of rotatable bonds is 18. The van der Waals surface area contributed by atoms with Crippen LogP contribution in [0.1, 0.15) is 115 Å². The van der Waals surface area contributed by atoms with Gasteiger partial charge in [-0.05, 0) is 95.6 Å². The molecule has 8 nitrogen and oxygen atoms in total. The van der Waals surface area contributed by atoms with Crippen LogP contribution in [0.4, 0.5) is 0 Å². The van der Waals surface area contributed by atoms with Crippen LogP contribution < -0.4 is 0 Å². The van der Waals surface area contributed by atoms with Crippen molar-refractivity contribution in [3.8, 4) is 0 Å². The van der Waals surface area contributed by atoms with Crippen molar-refractivity contribution in [1.82, 2.24) is 0 Å². The maximum Gasteiger partial charge on any atom is 0.331 e. The minimum absolute atomic E-state index is 0.0208. The Balaban J connectivity index is 2.83. The van der Waals surface area contributed by atoms with E-state index in [0.29, 0.717) is 5.76 Å². The van der Waals surface area contributed by atoms with Crippen LogP contribution in [0.5, 0.6) is 0 Å². The number of hydrogen-bond donors (Lipinski definition) is 0. The van der Waals surface area contributed by atoms with Crippen molar-refractivity contribution in [1.29, 1.82) is 0 Å². The molecule has 2 bridgehead atoms. The van der Waals surface area contributed by atoms with E-state index in [1.807, 2.05) is 19.1 Å². The van der Waals surface area contributed by atoms with Gasteiger partial charge in [-0.15, -0.1) is 0 Å². The predicted octanol–water partition coefficient (Wildman–Crippen LogP) is 13.1. The quantitative estimate of drug-likeness (QED) is 0.0583. The molecular weight excluding hydrogens is 789 g/mol. The second kappa shape index (κ2) is 23.2. The molecule has 0 saturated carbocycles. The Morgan fingerprint density at radius 2 is 1.63 bits per heavy atom. The van der Waals surface area contributed by atoms with Gasteiger partial charge in [-0.3, -0.25) is 0 Å². The molecule has 2 aliphatic rings. The molecule has 2 heterocycles. The Morgan fingerprint density at radius 1 is 1.00 bits per heavy atom. The molecule has 0 radical (unpaired) electrons. The molecular formula is C48H88O8Si3. The molecule has 2 rings (SSSR count). The summed E-state index contributed by atoms with van der Waals surface area (Å²) in [4.78, 5) is 14.0. The topological polar surface area (TPSA) is 81.7 Å². The molecule has 0 amide bonds. The SMILES string of the molecule is C=C(O[Si](C)(C)C)[C@@H](C)[C@H](O[Si](C)(C)C(C)(C)C)[C@H](C)[C@H]1OC(=O)/C=C/C(C)=C/[C@]2(C)OCO[C@@H](CCCCC)[C@@H](C/C(C)=C/C=C/[C@@H]1OC)[C@H]2O[Si](CC)(CC)CC. The minimum atomic E-state index is -2.32. The molecule has 1 saturated heterocycles. The van der Waals surface area contributed by atoms with E-state index in [1.165, 1.54) is 11.6 Å². The molecule has 11 heteroatoms. The average Bonchev–Trinajstić information content (AvgIpc) is 3.26. The Morgan fingerprint density at radius 3 is 2.17 bits per heavy atom. The second-order valence-corrected chi connectivity index (χ2v) is 34.1. The van der Waals surface area contributed by atoms with Gasteiger partial charge in [0.2, 0.25) is 8.32 Å². The van der Waals surface area contributed by atoms with Crippen LogP contribution in [0.2, 0.25) is 55.9 Å². The molecule has 2 aliphatic heterocycles. The summed E-state index contributed by atoms with van der Waals surface area (Å²) < 4.78 is 47.3. The lowest BCUT2D eigenvalue weighted by atomic mass is 9.79. The van der Waals surface area contributed by atoms with Crippen LogP contribution in [-0.2, 0) is 37.0 Å². The van der Waals surface area contributed by atoms with Gasteiger partial charge in [0, 0.05) is 30.9 Å². The van der Waals surface area contributed by atoms with Gasteiger partial charge in [0.15, 0.2) is 16.6 Å². The molecule has 9 atom stereocenters. The van der Waals surface area contributed by atoms with Gasteiger partial charge in [-0.1, -0.05) is 124 Å². The Bertz CT molecular complexity index is 1440. The summed E-state index contributed by atoms with van der Waals surface area (Å²) in [5.74, 6) is -0.153. The highest BCUT2D eigenvalue weighted by atomic mass is 28.4. The van der Waals surface area contributed by atoms with Crippen molar-refractivity contribution >= 4 is 30.9 Å². The molecule has 0 aromatic rings. The smallest absolute Gasteiger partial charge is 0.331 e. The van der Waals surface area contributed by atoms with E-state index in [9.17, 15) is 4.79 Å². The van der Waals surface area contributed by atoms with Crippen molar-refractivity contribution < 1.29 is 37.0 Å². The highest BCUT2D eigenvalue weighted by Crippen LogP contribution is 2.43. The normalized spacial score (nSPS) is 30.1. The zero-order chi connectivity index (χ0) is 45.0. The summed E-state index contributed by atoms with van der Waals surface area (Å²) in [6.45, 7) is 42.0. The van der Waals surface area contributed by atoms with E-state index in [2.05, 4.69) is 134 Å². The van der Waals surface area contributed by atoms with E-state index in [0.717, 1.165) is 55.8 Å². The van der Waals surface area contributed by atoms with Crippen LogP contribution in [0.25, 0.3) is 0 Å². The maximum atomic E-state index is 14.0. The standard InChI is InChI=1S/C48H88O8Si3/c1-20-24-25-28-41-40-32-35(5)27-26-29-42(50-14)45(38(8)44(55-58(18,19)47(10,11)12)37(7)39(9)54-57(15,16)17)53-43(49)31-30-36(6)33-48(13,52-34-51-41)46(40)56-59(21-2,22-3)23-4/h26-27,29-31,33,37-38,40-42,44-46H,9,20-25,28,32,34H2,1-8,10-19H3/b29-26+,31-30+,35-27+,36-33+/t37-,38+,40-,41+,42+,44+,45-,46-,48+/m1/s1. The highest BCUT2D eigenvalue weighted by Gasteiger charge is 2.50. The first-order valence-corrected chi connectivity index (χ1v) is 31.6. The van der Waals surface area contributed by atoms with Crippen molar-refractivity contribution in [3.63, 3.8) is 0 Å². The number of cyclic esters (lactones) is 1. The molecule has 0 spiro atoms. The zero-order valence-electron chi connectivity index (χ0n) is 40.9. The molecule has 0 aromatic heterocycles. The van der Waals surface area contributed by atoms with Gasteiger partial charge < -0.3 is 32.2 Å². The molecule has 0 unspecified atom stereocenters. The molecule has 0 aliphatic carbocycles. The number of fused-ring (bicyclic) bond motifs is 2. The Kier molecular flexibility index (Phi) is 21.1. The zero-order valence-corrected chi connectivity index (χ0v) is 43.9. The van der Waals surface area contributed by atoms with E-state index in [1.54, 1.807) is 7.11 Å². The van der Waals surface area contributed by atoms with Crippen molar-refractivity contribution in [2.75, 3.05) is 13.9 Å². The number of carbonyl (C=O) groups excluding carboxylic acids is 1. The molecule has 340 valence electrons. The summed E-state index contributed by atoms with van der Waals surface area (Å²) in [7, 11) is -4.71. The lowest BCUT2D eigenvalue weighted by Gasteiger charge is -2.45. The summed E-state index contributed by atoms with van der Waals surface area (Å²) >= 11 is 0. The first kappa shape index (κ1) is 53.6. The number of carbonyl (C=O) groups is 1. The fourth-order valence-electron chi connectivity index (χ4n) is 8.28. The maximum absolute atomic E-state index is 14.0. The minimum Gasteiger partial charge on any atom is -0.547 e. The van der Waals surface area contributed by atoms with Crippen LogP contribution in [0.15, 0.2) is 59.9 Å². The van der Waals surface area contributed by atoms with Crippen LogP contribution in [0, 0.1) is 17.8 Å². The summed E-state index contributed by atoms with van der Waals surface area (Å²) in [5.41, 5.74) is 1.30. The van der Waals surface area contributed by atoms with E-state index >= 15 is 0 Å². The molecule has 0 aromatic carbocycles. The van der Waals surface area contributed by atoms with E-state index in [4.69, 9.17) is 32.2 Å². The second-order valence-electron chi connectivity index (χ2n) is 20.2. The van der Waals surface area contributed by atoms with E-state index in [-0.39, 0.29) is 47.9 Å². The predicted molar refractivity (Wildman–Crippen MR) is 254 cm³/mol. The number of unbranched alkanes of at least 4 members (excludes halogenated alkanes) is 2. The van der Waals surface area contributed by atoms with Gasteiger partial charge >= 0.3 is 5.97 Å². The van der Waals surface area contributed by atoms with Gasteiger partial charge in [-0.2, -0.15) is 0 Å². The van der Waals surface area contributed by atoms with Crippen molar-refractivity contribution in [2.24, 2.45) is 17.8 Å². The summed E-state index contributed by atoms with van der Waals surface area (Å²) in [5, 5.41) is -0.0484. The van der Waals surface area contributed by atoms with Crippen LogP contribution in [0.3, 0.4) is 0 Å². The molecule has 1 fully saturated rings. The van der Waals surface area contributed by atoms with E-state index < -0.39 is 48.7 Å². The third-order valence-corrected chi connectivity index (χ3v) is 23.2. The van der Waals surface area contributed by atoms with Crippen LogP contribution in [-0.4, -0.2) is 80.9 Å². The molecule has 0 N–H and O–H groups in total. The fraction of sp³-hybridized carbons (Fsp3) is 0.771. The third-order valence-electron chi connectivity index (χ3n) is 13.3. The Hall–Kier alpha value is -1.58. The van der Waals surface area contributed by atoms with Gasteiger partial charge in [0.1, 0.15) is 24.6 Å². The fourth-order valence-corrected chi connectivity index (χ4v) is 13.7.